The van der Waals surface area contributed by atoms with Crippen molar-refractivity contribution in [1.29, 1.82) is 0 Å². The van der Waals surface area contributed by atoms with Crippen LogP contribution < -0.4 is 14.8 Å². The molecule has 4 aliphatic rings. The summed E-state index contributed by atoms with van der Waals surface area (Å²) in [6, 6.07) is 4.17. The fraction of sp³-hybridized carbons (Fsp3) is 0.694. The van der Waals surface area contributed by atoms with E-state index in [1.165, 1.54) is 13.3 Å². The van der Waals surface area contributed by atoms with Gasteiger partial charge in [-0.1, -0.05) is 40.5 Å². The maximum Gasteiger partial charge on any atom is 0.408 e. The number of fused-ring (bicyclic) bond motifs is 7. The standard InChI is InChI=1S/C36H50N4O6/c1-7-23-30-19-40(31(23)20(3)41)34(42)32(36(4,5)6)39-35(43)46-29-17-21-16-25(21)24(29)12-10-9-11-13-27-33(45-30)38-28-18-22(44-8-2)14-15-26(28)37-27/h14-15,18,21,23-25,29-32H,7-13,16-17,19H2,1-6H3,(H,39,43)/t21?,23-,24-,25?,29-,30+,31-,32-/m1/s1. The molecule has 2 unspecified atom stereocenters. The number of carbonyl (C=O) groups is 3. The predicted octanol–water partition coefficient (Wildman–Crippen LogP) is 5.88. The van der Waals surface area contributed by atoms with Crippen molar-refractivity contribution in [2.75, 3.05) is 13.2 Å². The first kappa shape index (κ1) is 32.5. The molecule has 2 aliphatic heterocycles. The monoisotopic (exact) mass is 634 g/mol. The van der Waals surface area contributed by atoms with Gasteiger partial charge in [-0.3, -0.25) is 9.59 Å². The van der Waals surface area contributed by atoms with Crippen molar-refractivity contribution in [2.45, 2.75) is 117 Å². The Morgan fingerprint density at radius 2 is 1.83 bits per heavy atom. The van der Waals surface area contributed by atoms with Crippen LogP contribution in [0, 0.1) is 29.1 Å². The van der Waals surface area contributed by atoms with Crippen molar-refractivity contribution in [3.8, 4) is 11.6 Å². The van der Waals surface area contributed by atoms with Crippen molar-refractivity contribution < 1.29 is 28.6 Å². The Bertz CT molecular complexity index is 1470. The molecule has 0 spiro atoms. The number of nitrogens with one attached hydrogen (secondary N) is 1. The molecule has 1 aromatic heterocycles. The summed E-state index contributed by atoms with van der Waals surface area (Å²) in [5.41, 5.74) is 1.63. The Morgan fingerprint density at radius 1 is 1.02 bits per heavy atom. The smallest absolute Gasteiger partial charge is 0.408 e. The van der Waals surface area contributed by atoms with Crippen LogP contribution in [0.5, 0.6) is 11.6 Å². The van der Waals surface area contributed by atoms with Crippen LogP contribution in [0.4, 0.5) is 4.79 Å². The van der Waals surface area contributed by atoms with Crippen molar-refractivity contribution in [2.24, 2.45) is 29.1 Å². The SMILES string of the molecule is CCOc1ccc2nc3c(nc2c1)O[C@H]1CN(C(=O)[C@H](C(C)(C)C)NC(=O)O[C@@H]2CC4CC4[C@H]2CCCCC3)[C@H](C(C)=O)[C@@H]1CC. The number of carbonyl (C=O) groups excluding carboxylic acids is 3. The second-order valence-corrected chi connectivity index (χ2v) is 14.9. The van der Waals surface area contributed by atoms with Gasteiger partial charge in [0, 0.05) is 12.0 Å². The molecule has 2 saturated carbocycles. The highest BCUT2D eigenvalue weighted by Gasteiger charge is 2.55. The van der Waals surface area contributed by atoms with E-state index in [1.807, 2.05) is 52.8 Å². The Kier molecular flexibility index (Phi) is 9.18. The van der Waals surface area contributed by atoms with Crippen LogP contribution in [0.25, 0.3) is 11.0 Å². The van der Waals surface area contributed by atoms with E-state index in [2.05, 4.69) is 5.32 Å². The first-order valence-corrected chi connectivity index (χ1v) is 17.4. The van der Waals surface area contributed by atoms with Crippen molar-refractivity contribution in [3.63, 3.8) is 0 Å². The quantitative estimate of drug-likeness (QED) is 0.443. The van der Waals surface area contributed by atoms with Gasteiger partial charge in [-0.2, -0.15) is 0 Å². The highest BCUT2D eigenvalue weighted by molar-refractivity contribution is 5.92. The summed E-state index contributed by atoms with van der Waals surface area (Å²) in [7, 11) is 0. The molecule has 10 heteroatoms. The summed E-state index contributed by atoms with van der Waals surface area (Å²) in [5.74, 6) is 2.13. The average molecular weight is 635 g/mol. The molecular formula is C36H50N4O6. The van der Waals surface area contributed by atoms with E-state index in [4.69, 9.17) is 24.2 Å². The van der Waals surface area contributed by atoms with E-state index < -0.39 is 29.7 Å². The van der Waals surface area contributed by atoms with Gasteiger partial charge < -0.3 is 24.4 Å². The first-order valence-electron chi connectivity index (χ1n) is 17.4. The van der Waals surface area contributed by atoms with E-state index in [1.54, 1.807) is 4.90 Å². The molecule has 1 aromatic carbocycles. The van der Waals surface area contributed by atoms with Gasteiger partial charge in [-0.05, 0) is 87.7 Å². The highest BCUT2D eigenvalue weighted by Crippen LogP contribution is 2.57. The van der Waals surface area contributed by atoms with Crippen LogP contribution in [-0.4, -0.2) is 70.1 Å². The lowest BCUT2D eigenvalue weighted by molar-refractivity contribution is -0.141. The van der Waals surface area contributed by atoms with E-state index >= 15 is 0 Å². The van der Waals surface area contributed by atoms with Gasteiger partial charge in [0.25, 0.3) is 0 Å². The predicted molar refractivity (Wildman–Crippen MR) is 174 cm³/mol. The number of aromatic nitrogens is 2. The summed E-state index contributed by atoms with van der Waals surface area (Å²) in [6.45, 7) is 12.0. The van der Waals surface area contributed by atoms with Gasteiger partial charge in [0.05, 0.1) is 30.2 Å². The zero-order valence-corrected chi connectivity index (χ0v) is 28.2. The summed E-state index contributed by atoms with van der Waals surface area (Å²) >= 11 is 0. The minimum Gasteiger partial charge on any atom is -0.494 e. The molecule has 2 bridgehead atoms. The van der Waals surface area contributed by atoms with Gasteiger partial charge in [0.2, 0.25) is 11.8 Å². The molecule has 10 nitrogen and oxygen atoms in total. The number of alkyl carbamates (subject to hydrolysis) is 1. The van der Waals surface area contributed by atoms with Gasteiger partial charge in [0.1, 0.15) is 29.7 Å². The molecule has 2 amide bonds. The van der Waals surface area contributed by atoms with E-state index in [0.717, 1.165) is 43.3 Å². The average Bonchev–Trinajstić information content (AvgIpc) is 3.53. The van der Waals surface area contributed by atoms with Gasteiger partial charge in [-0.15, -0.1) is 0 Å². The third kappa shape index (κ3) is 6.54. The molecule has 2 aliphatic carbocycles. The second kappa shape index (κ2) is 13.0. The molecule has 46 heavy (non-hydrogen) atoms. The van der Waals surface area contributed by atoms with E-state index in [0.29, 0.717) is 54.3 Å². The largest absolute Gasteiger partial charge is 0.494 e. The highest BCUT2D eigenvalue weighted by atomic mass is 16.6. The molecule has 3 fully saturated rings. The van der Waals surface area contributed by atoms with Crippen LogP contribution in [-0.2, 0) is 20.7 Å². The Hall–Kier alpha value is -3.43. The number of aryl methyl sites for hydroxylation is 1. The van der Waals surface area contributed by atoms with Gasteiger partial charge in [0.15, 0.2) is 5.78 Å². The maximum absolute atomic E-state index is 14.4. The summed E-state index contributed by atoms with van der Waals surface area (Å²) in [4.78, 5) is 52.6. The third-order valence-electron chi connectivity index (χ3n) is 10.6. The molecule has 1 N–H and O–H groups in total. The molecule has 250 valence electrons. The molecule has 3 heterocycles. The number of hydrogen-bond acceptors (Lipinski definition) is 8. The van der Waals surface area contributed by atoms with Crippen molar-refractivity contribution in [3.05, 3.63) is 23.9 Å². The van der Waals surface area contributed by atoms with Crippen LogP contribution in [0.3, 0.4) is 0 Å². The minimum atomic E-state index is -0.876. The van der Waals surface area contributed by atoms with Crippen LogP contribution in [0.15, 0.2) is 18.2 Å². The molecular weight excluding hydrogens is 584 g/mol. The summed E-state index contributed by atoms with van der Waals surface area (Å²) < 4.78 is 18.5. The zero-order chi connectivity index (χ0) is 32.7. The van der Waals surface area contributed by atoms with Crippen LogP contribution in [0.2, 0.25) is 0 Å². The lowest BCUT2D eigenvalue weighted by Gasteiger charge is -2.36. The van der Waals surface area contributed by atoms with Crippen LogP contribution >= 0.6 is 0 Å². The fourth-order valence-electron chi connectivity index (χ4n) is 8.25. The molecule has 8 atom stereocenters. The maximum atomic E-state index is 14.4. The second-order valence-electron chi connectivity index (χ2n) is 14.9. The van der Waals surface area contributed by atoms with Crippen molar-refractivity contribution >= 4 is 28.8 Å². The Balaban J connectivity index is 1.37. The van der Waals surface area contributed by atoms with E-state index in [-0.39, 0.29) is 30.3 Å². The van der Waals surface area contributed by atoms with E-state index in [9.17, 15) is 14.4 Å². The Morgan fingerprint density at radius 3 is 2.54 bits per heavy atom. The van der Waals surface area contributed by atoms with Crippen molar-refractivity contribution in [1.82, 2.24) is 20.2 Å². The molecule has 6 rings (SSSR count). The normalized spacial score (nSPS) is 31.8. The third-order valence-corrected chi connectivity index (χ3v) is 10.6. The molecule has 1 saturated heterocycles. The first-order chi connectivity index (χ1) is 22.0. The molecule has 2 aromatic rings. The fourth-order valence-corrected chi connectivity index (χ4v) is 8.25. The minimum absolute atomic E-state index is 0.105. The zero-order valence-electron chi connectivity index (χ0n) is 28.2. The number of Topliss-reactive ketones (excluding diaryl/α,β-unsaturated/α-hetero) is 1. The van der Waals surface area contributed by atoms with Crippen LogP contribution in [0.1, 0.15) is 92.2 Å². The van der Waals surface area contributed by atoms with Gasteiger partial charge >= 0.3 is 6.09 Å². The number of hydrogen-bond donors (Lipinski definition) is 1. The number of nitrogens with zero attached hydrogens (tertiary/aromatic N) is 3. The summed E-state index contributed by atoms with van der Waals surface area (Å²) in [5, 5.41) is 2.94. The van der Waals surface area contributed by atoms with Gasteiger partial charge in [-0.25, -0.2) is 14.8 Å². The Labute approximate surface area is 272 Å². The lowest BCUT2D eigenvalue weighted by Crippen LogP contribution is -2.57. The summed E-state index contributed by atoms with van der Waals surface area (Å²) in [6.07, 6.45) is 6.31. The number of ether oxygens (including phenoxy) is 3. The molecule has 0 radical (unpaired) electrons. The number of amides is 2. The number of ketones is 1. The number of rotatable bonds is 4. The lowest BCUT2D eigenvalue weighted by atomic mass is 9.85. The number of benzene rings is 1. The topological polar surface area (TPSA) is 120 Å².